The van der Waals surface area contributed by atoms with Gasteiger partial charge in [-0.05, 0) is 43.9 Å². The molecule has 0 heterocycles. The molecule has 4 heteroatoms. The summed E-state index contributed by atoms with van der Waals surface area (Å²) in [6.45, 7) is 4.20. The molecule has 0 aromatic heterocycles. The largest absolute Gasteiger partial charge is 0.464 e. The van der Waals surface area contributed by atoms with Crippen molar-refractivity contribution in [2.24, 2.45) is 0 Å². The standard InChI is InChI=1S/C13H19NO2S/c1-4-12(13(15)16-5-2)14-10-6-8-11(17-3)9-7-10/h6-9,12,14H,4-5H2,1-3H3. The summed E-state index contributed by atoms with van der Waals surface area (Å²) in [6.07, 6.45) is 2.75. The van der Waals surface area contributed by atoms with Gasteiger partial charge in [-0.25, -0.2) is 4.79 Å². The monoisotopic (exact) mass is 253 g/mol. The van der Waals surface area contributed by atoms with Crippen molar-refractivity contribution in [1.82, 2.24) is 0 Å². The van der Waals surface area contributed by atoms with Crippen molar-refractivity contribution < 1.29 is 9.53 Å². The van der Waals surface area contributed by atoms with Crippen molar-refractivity contribution >= 4 is 23.4 Å². The fourth-order valence-electron chi connectivity index (χ4n) is 1.46. The third kappa shape index (κ3) is 4.30. The van der Waals surface area contributed by atoms with Crippen molar-refractivity contribution in [2.75, 3.05) is 18.2 Å². The van der Waals surface area contributed by atoms with Crippen LogP contribution in [0.3, 0.4) is 0 Å². The Hall–Kier alpha value is -1.16. The van der Waals surface area contributed by atoms with Gasteiger partial charge in [0.2, 0.25) is 0 Å². The number of hydrogen-bond acceptors (Lipinski definition) is 4. The van der Waals surface area contributed by atoms with Gasteiger partial charge in [0.1, 0.15) is 6.04 Å². The van der Waals surface area contributed by atoms with Crippen molar-refractivity contribution in [3.8, 4) is 0 Å². The van der Waals surface area contributed by atoms with Crippen LogP contribution in [0, 0.1) is 0 Å². The predicted molar refractivity (Wildman–Crippen MR) is 72.6 cm³/mol. The molecule has 1 atom stereocenters. The number of thioether (sulfide) groups is 1. The van der Waals surface area contributed by atoms with E-state index in [4.69, 9.17) is 4.74 Å². The Morgan fingerprint density at radius 2 is 2.00 bits per heavy atom. The van der Waals surface area contributed by atoms with Gasteiger partial charge in [-0.1, -0.05) is 6.92 Å². The molecule has 0 radical (unpaired) electrons. The Balaban J connectivity index is 2.63. The van der Waals surface area contributed by atoms with Gasteiger partial charge in [-0.2, -0.15) is 0 Å². The number of carbonyl (C=O) groups is 1. The minimum Gasteiger partial charge on any atom is -0.464 e. The Kier molecular flexibility index (Phi) is 5.91. The molecule has 1 aromatic carbocycles. The molecule has 0 saturated heterocycles. The second kappa shape index (κ2) is 7.22. The maximum atomic E-state index is 11.6. The Bertz CT molecular complexity index is 351. The van der Waals surface area contributed by atoms with E-state index < -0.39 is 0 Å². The highest BCUT2D eigenvalue weighted by Gasteiger charge is 2.16. The van der Waals surface area contributed by atoms with Crippen molar-refractivity contribution in [3.05, 3.63) is 24.3 Å². The fourth-order valence-corrected chi connectivity index (χ4v) is 1.87. The summed E-state index contributed by atoms with van der Waals surface area (Å²) in [4.78, 5) is 12.8. The van der Waals surface area contributed by atoms with Gasteiger partial charge in [0.15, 0.2) is 0 Å². The lowest BCUT2D eigenvalue weighted by atomic mass is 10.2. The minimum atomic E-state index is -0.268. The molecule has 1 rings (SSSR count). The van der Waals surface area contributed by atoms with E-state index in [2.05, 4.69) is 5.32 Å². The third-order valence-corrected chi connectivity index (χ3v) is 3.15. The van der Waals surface area contributed by atoms with Gasteiger partial charge >= 0.3 is 5.97 Å². The molecule has 1 unspecified atom stereocenters. The summed E-state index contributed by atoms with van der Waals surface area (Å²) >= 11 is 1.70. The summed E-state index contributed by atoms with van der Waals surface area (Å²) in [5.41, 5.74) is 0.947. The van der Waals surface area contributed by atoms with Crippen molar-refractivity contribution in [3.63, 3.8) is 0 Å². The molecule has 0 aliphatic carbocycles. The highest BCUT2D eigenvalue weighted by atomic mass is 32.2. The predicted octanol–water partition coefficient (Wildman–Crippen LogP) is 3.16. The number of carbonyl (C=O) groups excluding carboxylic acids is 1. The lowest BCUT2D eigenvalue weighted by Gasteiger charge is -2.16. The summed E-state index contributed by atoms with van der Waals surface area (Å²) < 4.78 is 5.01. The summed E-state index contributed by atoms with van der Waals surface area (Å²) in [7, 11) is 0. The molecule has 0 amide bonds. The number of benzene rings is 1. The van der Waals surface area contributed by atoms with E-state index in [0.717, 1.165) is 5.69 Å². The Morgan fingerprint density at radius 1 is 1.35 bits per heavy atom. The Morgan fingerprint density at radius 3 is 2.47 bits per heavy atom. The quantitative estimate of drug-likeness (QED) is 0.624. The molecule has 0 bridgehead atoms. The van der Waals surface area contributed by atoms with E-state index in [-0.39, 0.29) is 12.0 Å². The van der Waals surface area contributed by atoms with Gasteiger partial charge in [0, 0.05) is 10.6 Å². The molecule has 0 aliphatic heterocycles. The first-order chi connectivity index (χ1) is 8.21. The van der Waals surface area contributed by atoms with Crippen molar-refractivity contribution in [2.45, 2.75) is 31.2 Å². The zero-order valence-electron chi connectivity index (χ0n) is 10.5. The van der Waals surface area contributed by atoms with Gasteiger partial charge in [-0.3, -0.25) is 0 Å². The lowest BCUT2D eigenvalue weighted by Crippen LogP contribution is -2.30. The van der Waals surface area contributed by atoms with Gasteiger partial charge in [0.05, 0.1) is 6.61 Å². The van der Waals surface area contributed by atoms with Crippen LogP contribution in [-0.4, -0.2) is 24.9 Å². The maximum Gasteiger partial charge on any atom is 0.328 e. The molecular formula is C13H19NO2S. The van der Waals surface area contributed by atoms with E-state index in [1.165, 1.54) is 4.90 Å². The number of nitrogens with one attached hydrogen (secondary N) is 1. The van der Waals surface area contributed by atoms with Crippen LogP contribution in [0.1, 0.15) is 20.3 Å². The van der Waals surface area contributed by atoms with Crippen molar-refractivity contribution in [1.29, 1.82) is 0 Å². The first-order valence-corrected chi connectivity index (χ1v) is 7.01. The molecule has 0 saturated carbocycles. The number of hydrogen-bond donors (Lipinski definition) is 1. The van der Waals surface area contributed by atoms with E-state index in [1.807, 2.05) is 44.4 Å². The first-order valence-electron chi connectivity index (χ1n) is 5.78. The van der Waals surface area contributed by atoms with E-state index in [9.17, 15) is 4.79 Å². The number of ether oxygens (including phenoxy) is 1. The van der Waals surface area contributed by atoms with Crippen LogP contribution in [0.15, 0.2) is 29.2 Å². The smallest absolute Gasteiger partial charge is 0.328 e. The molecule has 0 fully saturated rings. The second-order valence-corrected chi connectivity index (χ2v) is 4.47. The topological polar surface area (TPSA) is 38.3 Å². The third-order valence-electron chi connectivity index (χ3n) is 2.41. The normalized spacial score (nSPS) is 11.9. The molecule has 17 heavy (non-hydrogen) atoms. The Labute approximate surface area is 107 Å². The zero-order chi connectivity index (χ0) is 12.7. The molecule has 1 N–H and O–H groups in total. The summed E-state index contributed by atoms with van der Waals surface area (Å²) in [6, 6.07) is 7.76. The van der Waals surface area contributed by atoms with Gasteiger partial charge in [0.25, 0.3) is 0 Å². The van der Waals surface area contributed by atoms with Crippen LogP contribution < -0.4 is 5.32 Å². The van der Waals surface area contributed by atoms with E-state index in [1.54, 1.807) is 11.8 Å². The molecular weight excluding hydrogens is 234 g/mol. The number of rotatable bonds is 6. The average molecular weight is 253 g/mol. The maximum absolute atomic E-state index is 11.6. The highest BCUT2D eigenvalue weighted by Crippen LogP contribution is 2.18. The van der Waals surface area contributed by atoms with Gasteiger partial charge in [-0.15, -0.1) is 11.8 Å². The van der Waals surface area contributed by atoms with Crippen LogP contribution >= 0.6 is 11.8 Å². The van der Waals surface area contributed by atoms with E-state index >= 15 is 0 Å². The van der Waals surface area contributed by atoms with Crippen LogP contribution in [0.5, 0.6) is 0 Å². The minimum absolute atomic E-state index is 0.191. The molecule has 0 aliphatic rings. The zero-order valence-corrected chi connectivity index (χ0v) is 11.3. The van der Waals surface area contributed by atoms with Crippen LogP contribution in [-0.2, 0) is 9.53 Å². The average Bonchev–Trinajstić information content (AvgIpc) is 2.37. The number of anilines is 1. The highest BCUT2D eigenvalue weighted by molar-refractivity contribution is 7.98. The van der Waals surface area contributed by atoms with Crippen LogP contribution in [0.2, 0.25) is 0 Å². The SMILES string of the molecule is CCOC(=O)C(CC)Nc1ccc(SC)cc1. The number of esters is 1. The fraction of sp³-hybridized carbons (Fsp3) is 0.462. The second-order valence-electron chi connectivity index (χ2n) is 3.59. The van der Waals surface area contributed by atoms with Crippen LogP contribution in [0.25, 0.3) is 0 Å². The van der Waals surface area contributed by atoms with Gasteiger partial charge < -0.3 is 10.1 Å². The molecule has 1 aromatic rings. The summed E-state index contributed by atoms with van der Waals surface area (Å²) in [5.74, 6) is -0.191. The van der Waals surface area contributed by atoms with Crippen LogP contribution in [0.4, 0.5) is 5.69 Å². The first kappa shape index (κ1) is 13.9. The lowest BCUT2D eigenvalue weighted by molar-refractivity contribution is -0.144. The molecule has 3 nitrogen and oxygen atoms in total. The molecule has 94 valence electrons. The van der Waals surface area contributed by atoms with E-state index in [0.29, 0.717) is 13.0 Å². The summed E-state index contributed by atoms with van der Waals surface area (Å²) in [5, 5.41) is 3.18. The molecule has 0 spiro atoms.